The third-order valence-corrected chi connectivity index (χ3v) is 4.41. The molecule has 5 nitrogen and oxygen atoms in total. The first-order chi connectivity index (χ1) is 10.1. The number of carboxylic acids is 1. The lowest BCUT2D eigenvalue weighted by atomic mass is 10.1. The molecule has 1 aromatic carbocycles. The van der Waals surface area contributed by atoms with Gasteiger partial charge in [-0.25, -0.2) is 4.79 Å². The van der Waals surface area contributed by atoms with Gasteiger partial charge in [-0.3, -0.25) is 4.79 Å². The SMILES string of the molecule is O=C(O)[C@@H]1CN(C(=O)[C@@H]2C[C@@H]2c2ccccc2Cl)CCO1. The number of carboxylic acid groups (broad SMARTS) is 1. The first kappa shape index (κ1) is 14.4. The van der Waals surface area contributed by atoms with Crippen LogP contribution in [-0.4, -0.2) is 47.7 Å². The molecule has 6 heteroatoms. The summed E-state index contributed by atoms with van der Waals surface area (Å²) in [5.41, 5.74) is 1.00. The summed E-state index contributed by atoms with van der Waals surface area (Å²) in [5, 5.41) is 9.66. The second-order valence-corrected chi connectivity index (χ2v) is 5.86. The lowest BCUT2D eigenvalue weighted by Gasteiger charge is -2.31. The topological polar surface area (TPSA) is 66.8 Å². The van der Waals surface area contributed by atoms with Crippen LogP contribution in [0.3, 0.4) is 0 Å². The number of hydrogen-bond acceptors (Lipinski definition) is 3. The number of morpholine rings is 1. The van der Waals surface area contributed by atoms with Crippen molar-refractivity contribution >= 4 is 23.5 Å². The average Bonchev–Trinajstić information content (AvgIpc) is 3.27. The minimum atomic E-state index is -1.02. The maximum absolute atomic E-state index is 12.5. The lowest BCUT2D eigenvalue weighted by molar-refractivity contribution is -0.159. The number of nitrogens with zero attached hydrogens (tertiary/aromatic N) is 1. The van der Waals surface area contributed by atoms with Crippen LogP contribution in [0.15, 0.2) is 24.3 Å². The molecule has 1 aliphatic heterocycles. The second-order valence-electron chi connectivity index (χ2n) is 5.45. The lowest BCUT2D eigenvalue weighted by Crippen LogP contribution is -2.49. The zero-order valence-electron chi connectivity index (χ0n) is 11.4. The van der Waals surface area contributed by atoms with Gasteiger partial charge in [0.1, 0.15) is 0 Å². The molecule has 1 aliphatic carbocycles. The number of carbonyl (C=O) groups is 2. The third kappa shape index (κ3) is 2.89. The fraction of sp³-hybridized carbons (Fsp3) is 0.467. The van der Waals surface area contributed by atoms with Crippen LogP contribution in [0, 0.1) is 5.92 Å². The molecule has 21 heavy (non-hydrogen) atoms. The van der Waals surface area contributed by atoms with Gasteiger partial charge < -0.3 is 14.7 Å². The van der Waals surface area contributed by atoms with Gasteiger partial charge in [0.15, 0.2) is 6.10 Å². The van der Waals surface area contributed by atoms with Crippen molar-refractivity contribution in [1.29, 1.82) is 0 Å². The van der Waals surface area contributed by atoms with Crippen molar-refractivity contribution in [2.24, 2.45) is 5.92 Å². The van der Waals surface area contributed by atoms with E-state index in [4.69, 9.17) is 21.4 Å². The maximum Gasteiger partial charge on any atom is 0.334 e. The molecular weight excluding hydrogens is 294 g/mol. The molecule has 0 unspecified atom stereocenters. The Labute approximate surface area is 127 Å². The molecule has 112 valence electrons. The molecule has 3 rings (SSSR count). The Hall–Kier alpha value is -1.59. The number of halogens is 1. The molecule has 0 spiro atoms. The number of ether oxygens (including phenoxy) is 1. The summed E-state index contributed by atoms with van der Waals surface area (Å²) in [6.45, 7) is 0.848. The smallest absolute Gasteiger partial charge is 0.334 e. The molecule has 3 atom stereocenters. The van der Waals surface area contributed by atoms with Crippen LogP contribution < -0.4 is 0 Å². The predicted octanol–water partition coefficient (Wildman–Crippen LogP) is 1.76. The van der Waals surface area contributed by atoms with E-state index in [9.17, 15) is 9.59 Å². The Bertz CT molecular complexity index is 577. The molecule has 2 fully saturated rings. The Kier molecular flexibility index (Phi) is 3.87. The molecule has 1 heterocycles. The quantitative estimate of drug-likeness (QED) is 0.924. The standard InChI is InChI=1S/C15H16ClNO4/c16-12-4-2-1-3-9(12)10-7-11(10)14(18)17-5-6-21-13(8-17)15(19)20/h1-4,10-11,13H,5-8H2,(H,19,20)/t10-,11-,13+/m1/s1. The van der Waals surface area contributed by atoms with Crippen molar-refractivity contribution in [1.82, 2.24) is 4.90 Å². The Balaban J connectivity index is 1.65. The number of carbonyl (C=O) groups excluding carboxylic acids is 1. The van der Waals surface area contributed by atoms with Crippen LogP contribution in [0.2, 0.25) is 5.02 Å². The van der Waals surface area contributed by atoms with Crippen molar-refractivity contribution in [3.63, 3.8) is 0 Å². The van der Waals surface area contributed by atoms with Gasteiger partial charge in [0, 0.05) is 17.5 Å². The molecule has 1 aromatic rings. The molecular formula is C15H16ClNO4. The first-order valence-corrected chi connectivity index (χ1v) is 7.33. The zero-order chi connectivity index (χ0) is 15.0. The van der Waals surface area contributed by atoms with E-state index in [1.54, 1.807) is 4.90 Å². The summed E-state index contributed by atoms with van der Waals surface area (Å²) in [6, 6.07) is 7.55. The molecule has 1 saturated heterocycles. The van der Waals surface area contributed by atoms with Crippen LogP contribution in [0.25, 0.3) is 0 Å². The van der Waals surface area contributed by atoms with Gasteiger partial charge in [-0.05, 0) is 24.0 Å². The maximum atomic E-state index is 12.5. The summed E-state index contributed by atoms with van der Waals surface area (Å²) in [7, 11) is 0. The molecule has 1 saturated carbocycles. The largest absolute Gasteiger partial charge is 0.479 e. The van der Waals surface area contributed by atoms with Crippen LogP contribution >= 0.6 is 11.6 Å². The molecule has 0 bridgehead atoms. The van der Waals surface area contributed by atoms with Crippen molar-refractivity contribution in [3.8, 4) is 0 Å². The minimum Gasteiger partial charge on any atom is -0.479 e. The zero-order valence-corrected chi connectivity index (χ0v) is 12.1. The second kappa shape index (κ2) is 5.66. The van der Waals surface area contributed by atoms with Gasteiger partial charge in [0.05, 0.1) is 13.2 Å². The first-order valence-electron chi connectivity index (χ1n) is 6.95. The van der Waals surface area contributed by atoms with Crippen LogP contribution in [0.5, 0.6) is 0 Å². The molecule has 0 aromatic heterocycles. The fourth-order valence-corrected chi connectivity index (χ4v) is 3.10. The number of amides is 1. The van der Waals surface area contributed by atoms with Gasteiger partial charge in [0.2, 0.25) is 5.91 Å². The number of benzene rings is 1. The van der Waals surface area contributed by atoms with Crippen molar-refractivity contribution in [3.05, 3.63) is 34.9 Å². The van der Waals surface area contributed by atoms with Gasteiger partial charge in [-0.1, -0.05) is 29.8 Å². The van der Waals surface area contributed by atoms with E-state index in [2.05, 4.69) is 0 Å². The van der Waals surface area contributed by atoms with Crippen molar-refractivity contribution in [2.75, 3.05) is 19.7 Å². The Morgan fingerprint density at radius 2 is 2.10 bits per heavy atom. The average molecular weight is 310 g/mol. The number of aliphatic carboxylic acids is 1. The van der Waals surface area contributed by atoms with Crippen molar-refractivity contribution < 1.29 is 19.4 Å². The summed E-state index contributed by atoms with van der Waals surface area (Å²) < 4.78 is 5.14. The van der Waals surface area contributed by atoms with E-state index in [1.807, 2.05) is 24.3 Å². The minimum absolute atomic E-state index is 0.00877. The summed E-state index contributed by atoms with van der Waals surface area (Å²) in [6.07, 6.45) is -0.141. The van der Waals surface area contributed by atoms with E-state index >= 15 is 0 Å². The summed E-state index contributed by atoms with van der Waals surface area (Å²) >= 11 is 6.16. The van der Waals surface area contributed by atoms with E-state index in [0.717, 1.165) is 12.0 Å². The number of hydrogen-bond donors (Lipinski definition) is 1. The highest BCUT2D eigenvalue weighted by atomic mass is 35.5. The van der Waals surface area contributed by atoms with Gasteiger partial charge in [-0.15, -0.1) is 0 Å². The van der Waals surface area contributed by atoms with E-state index in [-0.39, 0.29) is 30.9 Å². The molecule has 1 amide bonds. The van der Waals surface area contributed by atoms with Crippen molar-refractivity contribution in [2.45, 2.75) is 18.4 Å². The predicted molar refractivity (Wildman–Crippen MR) is 76.3 cm³/mol. The molecule has 2 aliphatic rings. The highest BCUT2D eigenvalue weighted by Crippen LogP contribution is 2.50. The highest BCUT2D eigenvalue weighted by molar-refractivity contribution is 6.31. The normalized spacial score (nSPS) is 28.2. The third-order valence-electron chi connectivity index (χ3n) is 4.07. The van der Waals surface area contributed by atoms with Crippen LogP contribution in [0.1, 0.15) is 17.9 Å². The highest BCUT2D eigenvalue weighted by Gasteiger charge is 2.47. The fourth-order valence-electron chi connectivity index (χ4n) is 2.82. The molecule has 0 radical (unpaired) electrons. The Morgan fingerprint density at radius 3 is 2.81 bits per heavy atom. The van der Waals surface area contributed by atoms with Gasteiger partial charge in [-0.2, -0.15) is 0 Å². The van der Waals surface area contributed by atoms with Crippen LogP contribution in [0.4, 0.5) is 0 Å². The Morgan fingerprint density at radius 1 is 1.33 bits per heavy atom. The van der Waals surface area contributed by atoms with Gasteiger partial charge >= 0.3 is 5.97 Å². The number of rotatable bonds is 3. The van der Waals surface area contributed by atoms with E-state index in [0.29, 0.717) is 11.6 Å². The van der Waals surface area contributed by atoms with Crippen LogP contribution in [-0.2, 0) is 14.3 Å². The van der Waals surface area contributed by atoms with E-state index < -0.39 is 12.1 Å². The van der Waals surface area contributed by atoms with Gasteiger partial charge in [0.25, 0.3) is 0 Å². The van der Waals surface area contributed by atoms with E-state index in [1.165, 1.54) is 0 Å². The summed E-state index contributed by atoms with van der Waals surface area (Å²) in [5.74, 6) is -0.949. The monoisotopic (exact) mass is 309 g/mol. The molecule has 1 N–H and O–H groups in total. The summed E-state index contributed by atoms with van der Waals surface area (Å²) in [4.78, 5) is 25.0.